The van der Waals surface area contributed by atoms with Crippen molar-refractivity contribution in [3.8, 4) is 0 Å². The van der Waals surface area contributed by atoms with Gasteiger partial charge in [0, 0.05) is 26.2 Å². The number of nitrogens with one attached hydrogen (secondary N) is 1. The van der Waals surface area contributed by atoms with Crippen molar-refractivity contribution in [2.24, 2.45) is 0 Å². The van der Waals surface area contributed by atoms with Gasteiger partial charge in [-0.1, -0.05) is 0 Å². The normalized spacial score (nSPS) is 20.4. The van der Waals surface area contributed by atoms with Crippen LogP contribution in [0.3, 0.4) is 0 Å². The molecule has 0 radical (unpaired) electrons. The van der Waals surface area contributed by atoms with Crippen LogP contribution in [-0.4, -0.2) is 68.0 Å². The Hall–Kier alpha value is -1.48. The maximum atomic E-state index is 11.6. The van der Waals surface area contributed by atoms with Crippen LogP contribution in [0.1, 0.15) is 13.3 Å². The van der Waals surface area contributed by atoms with Gasteiger partial charge >= 0.3 is 0 Å². The number of rotatable bonds is 7. The Morgan fingerprint density at radius 1 is 1.52 bits per heavy atom. The number of aromatic nitrogens is 3. The summed E-state index contributed by atoms with van der Waals surface area (Å²) in [5.74, 6) is 1.49. The molecular formula is C12H21N5O3S. The van der Waals surface area contributed by atoms with Crippen LogP contribution < -0.4 is 10.2 Å². The molecule has 2 heterocycles. The van der Waals surface area contributed by atoms with E-state index < -0.39 is 9.84 Å². The van der Waals surface area contributed by atoms with Crippen LogP contribution in [0.25, 0.3) is 0 Å². The van der Waals surface area contributed by atoms with E-state index in [4.69, 9.17) is 4.74 Å². The summed E-state index contributed by atoms with van der Waals surface area (Å²) < 4.78 is 28.2. The Kier molecular flexibility index (Phi) is 5.29. The fourth-order valence-corrected chi connectivity index (χ4v) is 4.13. The third-order valence-electron chi connectivity index (χ3n) is 3.42. The highest BCUT2D eigenvalue weighted by Gasteiger charge is 2.32. The Morgan fingerprint density at radius 2 is 2.33 bits per heavy atom. The molecule has 1 aromatic heterocycles. The zero-order valence-electron chi connectivity index (χ0n) is 12.3. The van der Waals surface area contributed by atoms with Crippen molar-refractivity contribution in [2.75, 3.05) is 48.5 Å². The summed E-state index contributed by atoms with van der Waals surface area (Å²) in [5.41, 5.74) is 0. The number of sulfone groups is 1. The summed E-state index contributed by atoms with van der Waals surface area (Å²) in [6, 6.07) is -0.0384. The maximum absolute atomic E-state index is 11.6. The van der Waals surface area contributed by atoms with E-state index >= 15 is 0 Å². The van der Waals surface area contributed by atoms with E-state index in [1.807, 2.05) is 11.8 Å². The Bertz CT molecular complexity index is 566. The van der Waals surface area contributed by atoms with E-state index in [-0.39, 0.29) is 17.5 Å². The highest BCUT2D eigenvalue weighted by atomic mass is 32.2. The first kappa shape index (κ1) is 15.9. The van der Waals surface area contributed by atoms with Gasteiger partial charge in [-0.2, -0.15) is 10.1 Å². The molecule has 0 bridgehead atoms. The second-order valence-electron chi connectivity index (χ2n) is 4.90. The van der Waals surface area contributed by atoms with Gasteiger partial charge in [0.05, 0.1) is 24.3 Å². The van der Waals surface area contributed by atoms with Crippen molar-refractivity contribution in [2.45, 2.75) is 19.4 Å². The van der Waals surface area contributed by atoms with Crippen molar-refractivity contribution < 1.29 is 13.2 Å². The first-order valence-electron chi connectivity index (χ1n) is 6.95. The first-order chi connectivity index (χ1) is 10.1. The molecule has 2 rings (SSSR count). The minimum absolute atomic E-state index is 0.0384. The molecule has 0 aliphatic carbocycles. The molecule has 8 nitrogen and oxygen atoms in total. The zero-order valence-corrected chi connectivity index (χ0v) is 13.1. The van der Waals surface area contributed by atoms with E-state index in [0.717, 1.165) is 0 Å². The standard InChI is InChI=1S/C12H21N5O3S/c1-3-17(10-4-7-21(18,19)9-10)11-8-14-16-12(15-11)13-5-6-20-2/h8,10H,3-7,9H2,1-2H3,(H,13,15,16). The molecule has 0 spiro atoms. The van der Waals surface area contributed by atoms with Crippen LogP contribution in [0.15, 0.2) is 6.20 Å². The van der Waals surface area contributed by atoms with Crippen LogP contribution in [-0.2, 0) is 14.6 Å². The predicted octanol–water partition coefficient (Wildman–Crippen LogP) is -0.0567. The highest BCUT2D eigenvalue weighted by molar-refractivity contribution is 7.91. The van der Waals surface area contributed by atoms with Gasteiger partial charge in [0.15, 0.2) is 15.7 Å². The molecule has 9 heteroatoms. The summed E-state index contributed by atoms with van der Waals surface area (Å²) in [4.78, 5) is 6.37. The Morgan fingerprint density at radius 3 is 2.95 bits per heavy atom. The van der Waals surface area contributed by atoms with Gasteiger partial charge in [0.2, 0.25) is 5.95 Å². The van der Waals surface area contributed by atoms with E-state index in [9.17, 15) is 8.42 Å². The van der Waals surface area contributed by atoms with Crippen molar-refractivity contribution >= 4 is 21.6 Å². The van der Waals surface area contributed by atoms with Crippen LogP contribution >= 0.6 is 0 Å². The van der Waals surface area contributed by atoms with E-state index in [1.54, 1.807) is 13.3 Å². The third kappa shape index (κ3) is 4.24. The lowest BCUT2D eigenvalue weighted by Gasteiger charge is -2.27. The number of nitrogens with zero attached hydrogens (tertiary/aromatic N) is 4. The second-order valence-corrected chi connectivity index (χ2v) is 7.13. The van der Waals surface area contributed by atoms with Crippen molar-refractivity contribution in [3.05, 3.63) is 6.20 Å². The molecular weight excluding hydrogens is 294 g/mol. The maximum Gasteiger partial charge on any atom is 0.244 e. The van der Waals surface area contributed by atoms with Crippen LogP contribution in [0.4, 0.5) is 11.8 Å². The fraction of sp³-hybridized carbons (Fsp3) is 0.750. The fourth-order valence-electron chi connectivity index (χ4n) is 2.40. The molecule has 1 atom stereocenters. The number of anilines is 2. The average Bonchev–Trinajstić information content (AvgIpc) is 2.81. The molecule has 118 valence electrons. The molecule has 0 saturated carbocycles. The molecule has 1 aromatic rings. The van der Waals surface area contributed by atoms with Gasteiger partial charge in [0.1, 0.15) is 0 Å². The molecule has 0 aromatic carbocycles. The largest absolute Gasteiger partial charge is 0.383 e. The van der Waals surface area contributed by atoms with Crippen LogP contribution in [0, 0.1) is 0 Å². The SMILES string of the molecule is CCN(c1cnnc(NCCOC)n1)C1CCS(=O)(=O)C1. The van der Waals surface area contributed by atoms with Gasteiger partial charge < -0.3 is 15.0 Å². The summed E-state index contributed by atoms with van der Waals surface area (Å²) in [7, 11) is -1.30. The number of hydrogen-bond donors (Lipinski definition) is 1. The molecule has 1 N–H and O–H groups in total. The molecule has 21 heavy (non-hydrogen) atoms. The average molecular weight is 315 g/mol. The zero-order chi connectivity index (χ0) is 15.3. The summed E-state index contributed by atoms with van der Waals surface area (Å²) in [6.45, 7) is 3.79. The lowest BCUT2D eigenvalue weighted by atomic mass is 10.2. The monoisotopic (exact) mass is 315 g/mol. The molecule has 1 fully saturated rings. The molecule has 1 saturated heterocycles. The number of ether oxygens (including phenoxy) is 1. The van der Waals surface area contributed by atoms with Gasteiger partial charge in [-0.15, -0.1) is 5.10 Å². The molecule has 1 aliphatic rings. The Balaban J connectivity index is 2.09. The van der Waals surface area contributed by atoms with Gasteiger partial charge in [-0.05, 0) is 13.3 Å². The van der Waals surface area contributed by atoms with Gasteiger partial charge in [0.25, 0.3) is 0 Å². The quantitative estimate of drug-likeness (QED) is 0.699. The van der Waals surface area contributed by atoms with Crippen molar-refractivity contribution in [3.63, 3.8) is 0 Å². The minimum atomic E-state index is -2.92. The van der Waals surface area contributed by atoms with E-state index in [2.05, 4.69) is 20.5 Å². The number of hydrogen-bond acceptors (Lipinski definition) is 8. The van der Waals surface area contributed by atoms with Crippen LogP contribution in [0.2, 0.25) is 0 Å². The molecule has 0 amide bonds. The molecule has 1 unspecified atom stereocenters. The topological polar surface area (TPSA) is 97.3 Å². The lowest BCUT2D eigenvalue weighted by Crippen LogP contribution is -2.37. The highest BCUT2D eigenvalue weighted by Crippen LogP contribution is 2.22. The summed E-state index contributed by atoms with van der Waals surface area (Å²) >= 11 is 0. The predicted molar refractivity (Wildman–Crippen MR) is 80.3 cm³/mol. The van der Waals surface area contributed by atoms with Gasteiger partial charge in [-0.3, -0.25) is 0 Å². The van der Waals surface area contributed by atoms with E-state index in [0.29, 0.717) is 37.9 Å². The molecule has 1 aliphatic heterocycles. The first-order valence-corrected chi connectivity index (χ1v) is 8.77. The van der Waals surface area contributed by atoms with Crippen molar-refractivity contribution in [1.82, 2.24) is 15.2 Å². The van der Waals surface area contributed by atoms with Crippen LogP contribution in [0.5, 0.6) is 0 Å². The van der Waals surface area contributed by atoms with Gasteiger partial charge in [-0.25, -0.2) is 8.42 Å². The summed E-state index contributed by atoms with van der Waals surface area (Å²) in [6.07, 6.45) is 2.20. The smallest absolute Gasteiger partial charge is 0.244 e. The second kappa shape index (κ2) is 6.99. The summed E-state index contributed by atoms with van der Waals surface area (Å²) in [5, 5.41) is 10.9. The van der Waals surface area contributed by atoms with E-state index in [1.165, 1.54) is 0 Å². The lowest BCUT2D eigenvalue weighted by molar-refractivity contribution is 0.210. The third-order valence-corrected chi connectivity index (χ3v) is 5.17. The Labute approximate surface area is 124 Å². The van der Waals surface area contributed by atoms with Crippen molar-refractivity contribution in [1.29, 1.82) is 0 Å². The minimum Gasteiger partial charge on any atom is -0.383 e. The number of methoxy groups -OCH3 is 1.